The first-order chi connectivity index (χ1) is 9.78. The van der Waals surface area contributed by atoms with Crippen LogP contribution in [-0.2, 0) is 16.0 Å². The summed E-state index contributed by atoms with van der Waals surface area (Å²) in [5.74, 6) is -0.654. The summed E-state index contributed by atoms with van der Waals surface area (Å²) >= 11 is 0. The van der Waals surface area contributed by atoms with Crippen molar-refractivity contribution in [2.24, 2.45) is 0 Å². The van der Waals surface area contributed by atoms with Gasteiger partial charge in [-0.15, -0.1) is 0 Å². The molecule has 9 heteroatoms. The zero-order chi connectivity index (χ0) is 15.6. The van der Waals surface area contributed by atoms with E-state index < -0.39 is 30.2 Å². The van der Waals surface area contributed by atoms with Crippen LogP contribution in [0.2, 0.25) is 0 Å². The van der Waals surface area contributed by atoms with Crippen LogP contribution in [0.25, 0.3) is 0 Å². The van der Waals surface area contributed by atoms with Crippen LogP contribution in [-0.4, -0.2) is 36.8 Å². The van der Waals surface area contributed by atoms with Gasteiger partial charge in [0.2, 0.25) is 0 Å². The highest BCUT2D eigenvalue weighted by atomic mass is 19.4. The SMILES string of the molecule is O=C(COCC(F)(F)F)N1CCc2ccc([N+](=O)[O-])cc21. The average molecular weight is 304 g/mol. The number of anilines is 1. The number of nitro groups is 1. The van der Waals surface area contributed by atoms with Crippen LogP contribution in [0, 0.1) is 10.1 Å². The van der Waals surface area contributed by atoms with Crippen LogP contribution in [0.1, 0.15) is 5.56 Å². The Labute approximate surface area is 117 Å². The number of fused-ring (bicyclic) bond motifs is 1. The quantitative estimate of drug-likeness (QED) is 0.630. The van der Waals surface area contributed by atoms with Gasteiger partial charge in [-0.05, 0) is 12.0 Å². The normalized spacial score (nSPS) is 14.1. The molecule has 1 aliphatic heterocycles. The number of ether oxygens (including phenoxy) is 1. The molecule has 1 aromatic rings. The number of carbonyl (C=O) groups is 1. The third kappa shape index (κ3) is 3.69. The zero-order valence-corrected chi connectivity index (χ0v) is 10.7. The van der Waals surface area contributed by atoms with Gasteiger partial charge in [-0.25, -0.2) is 0 Å². The number of nitro benzene ring substituents is 1. The molecule has 2 rings (SSSR count). The predicted octanol–water partition coefficient (Wildman–Crippen LogP) is 2.06. The lowest BCUT2D eigenvalue weighted by Gasteiger charge is -2.17. The second-order valence-corrected chi connectivity index (χ2v) is 4.47. The Bertz CT molecular complexity index is 574. The maximum atomic E-state index is 11.9. The summed E-state index contributed by atoms with van der Waals surface area (Å²) in [5, 5.41) is 10.7. The van der Waals surface area contributed by atoms with Crippen molar-refractivity contribution in [3.05, 3.63) is 33.9 Å². The topological polar surface area (TPSA) is 72.7 Å². The lowest BCUT2D eigenvalue weighted by atomic mass is 10.1. The van der Waals surface area contributed by atoms with E-state index in [9.17, 15) is 28.1 Å². The summed E-state index contributed by atoms with van der Waals surface area (Å²) in [6.45, 7) is -1.96. The molecule has 0 saturated heterocycles. The number of amides is 1. The fourth-order valence-corrected chi connectivity index (χ4v) is 2.07. The van der Waals surface area contributed by atoms with E-state index in [0.717, 1.165) is 5.56 Å². The van der Waals surface area contributed by atoms with E-state index in [1.807, 2.05) is 0 Å². The summed E-state index contributed by atoms with van der Waals surface area (Å²) in [5.41, 5.74) is 0.916. The smallest absolute Gasteiger partial charge is 0.362 e. The van der Waals surface area contributed by atoms with Crippen LogP contribution in [0.5, 0.6) is 0 Å². The number of hydrogen-bond acceptors (Lipinski definition) is 4. The minimum Gasteiger partial charge on any atom is -0.362 e. The molecule has 0 N–H and O–H groups in total. The minimum atomic E-state index is -4.50. The standard InChI is InChI=1S/C12H11F3N2O4/c13-12(14,15)7-21-6-11(18)16-4-3-8-1-2-9(17(19)20)5-10(8)16/h1-2,5H,3-4,6-7H2. The van der Waals surface area contributed by atoms with Gasteiger partial charge in [-0.1, -0.05) is 6.07 Å². The van der Waals surface area contributed by atoms with Gasteiger partial charge in [-0.3, -0.25) is 14.9 Å². The number of nitrogens with zero attached hydrogens (tertiary/aromatic N) is 2. The molecule has 0 aromatic heterocycles. The molecule has 1 heterocycles. The highest BCUT2D eigenvalue weighted by Crippen LogP contribution is 2.31. The molecule has 0 saturated carbocycles. The van der Waals surface area contributed by atoms with Crippen molar-refractivity contribution in [1.82, 2.24) is 0 Å². The van der Waals surface area contributed by atoms with Gasteiger partial charge < -0.3 is 9.64 Å². The van der Waals surface area contributed by atoms with Crippen molar-refractivity contribution in [3.8, 4) is 0 Å². The Kier molecular flexibility index (Phi) is 4.12. The third-order valence-electron chi connectivity index (χ3n) is 2.97. The van der Waals surface area contributed by atoms with Gasteiger partial charge in [0, 0.05) is 18.7 Å². The number of non-ortho nitro benzene ring substituents is 1. The van der Waals surface area contributed by atoms with Crippen LogP contribution in [0.3, 0.4) is 0 Å². The molecule has 0 bridgehead atoms. The van der Waals surface area contributed by atoms with Crippen molar-refractivity contribution in [2.75, 3.05) is 24.7 Å². The molecule has 1 aromatic carbocycles. The summed E-state index contributed by atoms with van der Waals surface area (Å²) in [4.78, 5) is 23.2. The third-order valence-corrected chi connectivity index (χ3v) is 2.97. The van der Waals surface area contributed by atoms with Crippen molar-refractivity contribution < 1.29 is 27.6 Å². The maximum Gasteiger partial charge on any atom is 0.411 e. The number of hydrogen-bond donors (Lipinski definition) is 0. The van der Waals surface area contributed by atoms with Gasteiger partial charge in [0.05, 0.1) is 10.6 Å². The molecule has 21 heavy (non-hydrogen) atoms. The van der Waals surface area contributed by atoms with E-state index in [4.69, 9.17) is 0 Å². The van der Waals surface area contributed by atoms with E-state index in [2.05, 4.69) is 4.74 Å². The molecule has 6 nitrogen and oxygen atoms in total. The molecular formula is C12H11F3N2O4. The summed E-state index contributed by atoms with van der Waals surface area (Å²) < 4.78 is 40.1. The molecule has 114 valence electrons. The average Bonchev–Trinajstić information content (AvgIpc) is 2.79. The van der Waals surface area contributed by atoms with Gasteiger partial charge in [0.15, 0.2) is 0 Å². The molecule has 0 unspecified atom stereocenters. The lowest BCUT2D eigenvalue weighted by Crippen LogP contribution is -2.33. The van der Waals surface area contributed by atoms with E-state index in [0.29, 0.717) is 12.1 Å². The number of benzene rings is 1. The molecule has 1 aliphatic rings. The Hall–Kier alpha value is -2.16. The molecule has 0 aliphatic carbocycles. The Morgan fingerprint density at radius 1 is 1.43 bits per heavy atom. The lowest BCUT2D eigenvalue weighted by molar-refractivity contribution is -0.384. The van der Waals surface area contributed by atoms with Gasteiger partial charge >= 0.3 is 6.18 Å². The predicted molar refractivity (Wildman–Crippen MR) is 66.0 cm³/mol. The van der Waals surface area contributed by atoms with Crippen molar-refractivity contribution >= 4 is 17.3 Å². The van der Waals surface area contributed by atoms with E-state index in [1.54, 1.807) is 0 Å². The first-order valence-corrected chi connectivity index (χ1v) is 6.00. The number of alkyl halides is 3. The van der Waals surface area contributed by atoms with Crippen LogP contribution < -0.4 is 4.90 Å². The first kappa shape index (κ1) is 15.2. The van der Waals surface area contributed by atoms with E-state index in [1.165, 1.54) is 23.1 Å². The van der Waals surface area contributed by atoms with Crippen molar-refractivity contribution in [2.45, 2.75) is 12.6 Å². The zero-order valence-electron chi connectivity index (χ0n) is 10.7. The Balaban J connectivity index is 2.05. The number of rotatable bonds is 4. The fourth-order valence-electron chi connectivity index (χ4n) is 2.07. The Morgan fingerprint density at radius 2 is 2.14 bits per heavy atom. The molecule has 0 radical (unpaired) electrons. The van der Waals surface area contributed by atoms with Crippen molar-refractivity contribution in [3.63, 3.8) is 0 Å². The number of halogens is 3. The Morgan fingerprint density at radius 3 is 2.76 bits per heavy atom. The largest absolute Gasteiger partial charge is 0.411 e. The van der Waals surface area contributed by atoms with Crippen LogP contribution in [0.15, 0.2) is 18.2 Å². The fraction of sp³-hybridized carbons (Fsp3) is 0.417. The highest BCUT2D eigenvalue weighted by molar-refractivity contribution is 5.96. The second-order valence-electron chi connectivity index (χ2n) is 4.47. The highest BCUT2D eigenvalue weighted by Gasteiger charge is 2.30. The summed E-state index contributed by atoms with van der Waals surface area (Å²) in [6.07, 6.45) is -4.00. The molecule has 0 spiro atoms. The van der Waals surface area contributed by atoms with Gasteiger partial charge in [0.1, 0.15) is 13.2 Å². The monoisotopic (exact) mass is 304 g/mol. The van der Waals surface area contributed by atoms with E-state index >= 15 is 0 Å². The van der Waals surface area contributed by atoms with Crippen molar-refractivity contribution in [1.29, 1.82) is 0 Å². The minimum absolute atomic E-state index is 0.176. The van der Waals surface area contributed by atoms with Gasteiger partial charge in [0.25, 0.3) is 11.6 Å². The van der Waals surface area contributed by atoms with Gasteiger partial charge in [-0.2, -0.15) is 13.2 Å². The van der Waals surface area contributed by atoms with E-state index in [-0.39, 0.29) is 12.2 Å². The first-order valence-electron chi connectivity index (χ1n) is 6.00. The summed E-state index contributed by atoms with van der Waals surface area (Å²) in [7, 11) is 0. The molecule has 1 amide bonds. The number of carbonyl (C=O) groups excluding carboxylic acids is 1. The molecule has 0 atom stereocenters. The molecule has 0 fully saturated rings. The summed E-state index contributed by atoms with van der Waals surface area (Å²) in [6, 6.07) is 4.11. The second kappa shape index (κ2) is 5.68. The van der Waals surface area contributed by atoms with Crippen LogP contribution >= 0.6 is 0 Å². The van der Waals surface area contributed by atoms with Crippen LogP contribution in [0.4, 0.5) is 24.5 Å². The maximum absolute atomic E-state index is 11.9. The molecular weight excluding hydrogens is 293 g/mol.